The first kappa shape index (κ1) is 14.8. The van der Waals surface area contributed by atoms with Crippen molar-refractivity contribution in [1.29, 1.82) is 0 Å². The summed E-state index contributed by atoms with van der Waals surface area (Å²) >= 11 is 0. The zero-order valence-corrected chi connectivity index (χ0v) is 12.5. The second kappa shape index (κ2) is 5.57. The smallest absolute Gasteiger partial charge is 0.289 e. The maximum atomic E-state index is 13.8. The third-order valence-electron chi connectivity index (χ3n) is 4.29. The standard InChI is InChI=1S/C17H19FN2O2/c1-17(10-19)8-9-20(11-17)16(21)15-7-6-14(22-15)12-4-2-3-5-13(12)18/h2-7H,8-11,19H2,1H3. The fourth-order valence-electron chi connectivity index (χ4n) is 2.78. The van der Waals surface area contributed by atoms with Crippen molar-refractivity contribution in [2.45, 2.75) is 13.3 Å². The van der Waals surface area contributed by atoms with E-state index in [9.17, 15) is 9.18 Å². The number of halogens is 1. The monoisotopic (exact) mass is 302 g/mol. The molecule has 0 saturated carbocycles. The molecule has 1 aliphatic heterocycles. The van der Waals surface area contributed by atoms with Crippen LogP contribution < -0.4 is 5.73 Å². The molecule has 1 saturated heterocycles. The molecule has 0 bridgehead atoms. The van der Waals surface area contributed by atoms with Gasteiger partial charge in [-0.1, -0.05) is 19.1 Å². The van der Waals surface area contributed by atoms with Gasteiger partial charge in [0.1, 0.15) is 11.6 Å². The Labute approximate surface area is 128 Å². The van der Waals surface area contributed by atoms with Gasteiger partial charge in [-0.2, -0.15) is 0 Å². The van der Waals surface area contributed by atoms with Crippen LogP contribution in [0.2, 0.25) is 0 Å². The van der Waals surface area contributed by atoms with Gasteiger partial charge in [-0.25, -0.2) is 4.39 Å². The average molecular weight is 302 g/mol. The maximum absolute atomic E-state index is 13.8. The molecule has 116 valence electrons. The first-order chi connectivity index (χ1) is 10.5. The fourth-order valence-corrected chi connectivity index (χ4v) is 2.78. The Balaban J connectivity index is 1.80. The van der Waals surface area contributed by atoms with Crippen molar-refractivity contribution in [2.75, 3.05) is 19.6 Å². The molecule has 1 amide bonds. The zero-order valence-electron chi connectivity index (χ0n) is 12.5. The summed E-state index contributed by atoms with van der Waals surface area (Å²) in [5.41, 5.74) is 6.09. The fraction of sp³-hybridized carbons (Fsp3) is 0.353. The van der Waals surface area contributed by atoms with E-state index in [4.69, 9.17) is 10.2 Å². The molecule has 5 heteroatoms. The highest BCUT2D eigenvalue weighted by Gasteiger charge is 2.36. The lowest BCUT2D eigenvalue weighted by atomic mass is 9.90. The quantitative estimate of drug-likeness (QED) is 0.948. The number of benzene rings is 1. The lowest BCUT2D eigenvalue weighted by molar-refractivity contribution is 0.0746. The van der Waals surface area contributed by atoms with Crippen molar-refractivity contribution in [2.24, 2.45) is 11.1 Å². The van der Waals surface area contributed by atoms with Gasteiger partial charge in [-0.3, -0.25) is 4.79 Å². The summed E-state index contributed by atoms with van der Waals surface area (Å²) in [6.07, 6.45) is 0.885. The van der Waals surface area contributed by atoms with Crippen molar-refractivity contribution in [3.63, 3.8) is 0 Å². The maximum Gasteiger partial charge on any atom is 0.289 e. The van der Waals surface area contributed by atoms with Crippen LogP contribution in [0.15, 0.2) is 40.8 Å². The van der Waals surface area contributed by atoms with Crippen LogP contribution in [0.4, 0.5) is 4.39 Å². The van der Waals surface area contributed by atoms with Gasteiger partial charge in [0.05, 0.1) is 5.56 Å². The van der Waals surface area contributed by atoms with E-state index >= 15 is 0 Å². The Bertz CT molecular complexity index is 697. The number of nitrogens with two attached hydrogens (primary N) is 1. The molecule has 0 spiro atoms. The largest absolute Gasteiger partial charge is 0.451 e. The lowest BCUT2D eigenvalue weighted by Crippen LogP contribution is -2.34. The number of likely N-dealkylation sites (tertiary alicyclic amines) is 1. The van der Waals surface area contributed by atoms with Gasteiger partial charge >= 0.3 is 0 Å². The number of furan rings is 1. The first-order valence-electron chi connectivity index (χ1n) is 7.36. The molecule has 0 aliphatic carbocycles. The van der Waals surface area contributed by atoms with Crippen LogP contribution in [0.1, 0.15) is 23.9 Å². The molecule has 1 fully saturated rings. The van der Waals surface area contributed by atoms with Crippen LogP contribution in [0.3, 0.4) is 0 Å². The lowest BCUT2D eigenvalue weighted by Gasteiger charge is -2.21. The Kier molecular flexibility index (Phi) is 3.74. The van der Waals surface area contributed by atoms with E-state index < -0.39 is 0 Å². The van der Waals surface area contributed by atoms with Crippen LogP contribution in [-0.2, 0) is 0 Å². The summed E-state index contributed by atoms with van der Waals surface area (Å²) in [6, 6.07) is 9.57. The van der Waals surface area contributed by atoms with Gasteiger partial charge in [0.25, 0.3) is 5.91 Å². The van der Waals surface area contributed by atoms with Crippen LogP contribution >= 0.6 is 0 Å². The summed E-state index contributed by atoms with van der Waals surface area (Å²) in [6.45, 7) is 3.92. The Hall–Kier alpha value is -2.14. The summed E-state index contributed by atoms with van der Waals surface area (Å²) in [4.78, 5) is 14.2. The van der Waals surface area contributed by atoms with Crippen molar-refractivity contribution in [3.05, 3.63) is 48.0 Å². The van der Waals surface area contributed by atoms with E-state index in [2.05, 4.69) is 6.92 Å². The molecule has 22 heavy (non-hydrogen) atoms. The number of carbonyl (C=O) groups is 1. The van der Waals surface area contributed by atoms with Gasteiger partial charge < -0.3 is 15.1 Å². The summed E-state index contributed by atoms with van der Waals surface area (Å²) < 4.78 is 19.3. The Morgan fingerprint density at radius 1 is 1.36 bits per heavy atom. The number of amides is 1. The number of hydrogen-bond donors (Lipinski definition) is 1. The van der Waals surface area contributed by atoms with Crippen LogP contribution in [0.5, 0.6) is 0 Å². The number of nitrogens with zero attached hydrogens (tertiary/aromatic N) is 1. The van der Waals surface area contributed by atoms with E-state index in [-0.39, 0.29) is 22.9 Å². The highest BCUT2D eigenvalue weighted by Crippen LogP contribution is 2.31. The molecule has 2 aromatic rings. The second-order valence-corrected chi connectivity index (χ2v) is 6.14. The predicted molar refractivity (Wildman–Crippen MR) is 81.8 cm³/mol. The normalized spacial score (nSPS) is 21.3. The molecule has 0 radical (unpaired) electrons. The van der Waals surface area contributed by atoms with Crippen molar-refractivity contribution in [3.8, 4) is 11.3 Å². The highest BCUT2D eigenvalue weighted by atomic mass is 19.1. The van der Waals surface area contributed by atoms with Crippen LogP contribution in [0.25, 0.3) is 11.3 Å². The predicted octanol–water partition coefficient (Wildman–Crippen LogP) is 2.90. The molecule has 1 aliphatic rings. The molecule has 2 N–H and O–H groups in total. The van der Waals surface area contributed by atoms with E-state index in [1.807, 2.05) is 0 Å². The second-order valence-electron chi connectivity index (χ2n) is 6.14. The Morgan fingerprint density at radius 3 is 2.82 bits per heavy atom. The molecule has 3 rings (SSSR count). The molecule has 1 aromatic carbocycles. The zero-order chi connectivity index (χ0) is 15.7. The van der Waals surface area contributed by atoms with Gasteiger partial charge in [-0.15, -0.1) is 0 Å². The molecule has 1 aromatic heterocycles. The third kappa shape index (κ3) is 2.64. The minimum Gasteiger partial charge on any atom is -0.451 e. The molecular formula is C17H19FN2O2. The topological polar surface area (TPSA) is 59.5 Å². The summed E-state index contributed by atoms with van der Waals surface area (Å²) in [5.74, 6) is 0.0641. The number of rotatable bonds is 3. The molecule has 1 atom stereocenters. The average Bonchev–Trinajstić information content (AvgIpc) is 3.15. The molecule has 2 heterocycles. The highest BCUT2D eigenvalue weighted by molar-refractivity contribution is 5.92. The van der Waals surface area contributed by atoms with E-state index in [1.54, 1.807) is 35.2 Å². The molecular weight excluding hydrogens is 283 g/mol. The number of carbonyl (C=O) groups excluding carboxylic acids is 1. The molecule has 1 unspecified atom stereocenters. The van der Waals surface area contributed by atoms with Gasteiger partial charge in [0.2, 0.25) is 0 Å². The van der Waals surface area contributed by atoms with Crippen molar-refractivity contribution < 1.29 is 13.6 Å². The minimum atomic E-state index is -0.368. The summed E-state index contributed by atoms with van der Waals surface area (Å²) in [5, 5.41) is 0. The van der Waals surface area contributed by atoms with E-state index in [0.717, 1.165) is 6.42 Å². The van der Waals surface area contributed by atoms with Crippen molar-refractivity contribution >= 4 is 5.91 Å². The van der Waals surface area contributed by atoms with Gasteiger partial charge in [0, 0.05) is 13.1 Å². The van der Waals surface area contributed by atoms with Gasteiger partial charge in [-0.05, 0) is 42.6 Å². The van der Waals surface area contributed by atoms with Crippen LogP contribution in [-0.4, -0.2) is 30.4 Å². The number of hydrogen-bond acceptors (Lipinski definition) is 3. The van der Waals surface area contributed by atoms with Gasteiger partial charge in [0.15, 0.2) is 5.76 Å². The molecule has 4 nitrogen and oxygen atoms in total. The Morgan fingerprint density at radius 2 is 2.14 bits per heavy atom. The summed E-state index contributed by atoms with van der Waals surface area (Å²) in [7, 11) is 0. The SMILES string of the molecule is CC1(CN)CCN(C(=O)c2ccc(-c3ccccc3F)o2)C1. The van der Waals surface area contributed by atoms with E-state index in [0.29, 0.717) is 31.0 Å². The van der Waals surface area contributed by atoms with Crippen LogP contribution in [0, 0.1) is 11.2 Å². The van der Waals surface area contributed by atoms with Crippen molar-refractivity contribution in [1.82, 2.24) is 4.90 Å². The minimum absolute atomic E-state index is 0.0311. The first-order valence-corrected chi connectivity index (χ1v) is 7.36. The third-order valence-corrected chi connectivity index (χ3v) is 4.29. The van der Waals surface area contributed by atoms with E-state index in [1.165, 1.54) is 6.07 Å².